The van der Waals surface area contributed by atoms with Gasteiger partial charge in [0.05, 0.1) is 17.6 Å². The first kappa shape index (κ1) is 23.6. The van der Waals surface area contributed by atoms with Crippen molar-refractivity contribution in [2.24, 2.45) is 0 Å². The molecular formula is C23H33N5O4. The van der Waals surface area contributed by atoms with Gasteiger partial charge in [0.25, 0.3) is 0 Å². The van der Waals surface area contributed by atoms with Crippen molar-refractivity contribution < 1.29 is 19.0 Å². The lowest BCUT2D eigenvalue weighted by molar-refractivity contribution is 0.0520. The molecule has 0 bridgehead atoms. The highest BCUT2D eigenvalue weighted by Gasteiger charge is 2.18. The smallest absolute Gasteiger partial charge is 0.407 e. The molecule has 9 nitrogen and oxygen atoms in total. The third-order valence-electron chi connectivity index (χ3n) is 4.68. The van der Waals surface area contributed by atoms with Gasteiger partial charge in [0.2, 0.25) is 0 Å². The van der Waals surface area contributed by atoms with Gasteiger partial charge in [-0.1, -0.05) is 6.92 Å². The summed E-state index contributed by atoms with van der Waals surface area (Å²) in [6.45, 7) is 12.0. The van der Waals surface area contributed by atoms with Crippen LogP contribution in [0.15, 0.2) is 18.2 Å². The summed E-state index contributed by atoms with van der Waals surface area (Å²) in [6.07, 6.45) is 0.489. The largest absolute Gasteiger partial charge is 0.492 e. The number of aryl methyl sites for hydroxylation is 1. The van der Waals surface area contributed by atoms with Gasteiger partial charge < -0.3 is 29.8 Å². The topological polar surface area (TPSA) is 114 Å². The van der Waals surface area contributed by atoms with Crippen molar-refractivity contribution in [2.75, 3.05) is 25.5 Å². The van der Waals surface area contributed by atoms with Crippen molar-refractivity contribution >= 4 is 33.8 Å². The van der Waals surface area contributed by atoms with Gasteiger partial charge in [0, 0.05) is 24.6 Å². The molecule has 0 fully saturated rings. The van der Waals surface area contributed by atoms with E-state index in [1.54, 1.807) is 0 Å². The minimum absolute atomic E-state index is 0.300. The number of carbonyl (C=O) groups excluding carboxylic acids is 1. The Morgan fingerprint density at radius 1 is 1.22 bits per heavy atom. The second-order valence-corrected chi connectivity index (χ2v) is 8.47. The highest BCUT2D eigenvalue weighted by Crippen LogP contribution is 2.31. The Labute approximate surface area is 188 Å². The number of rotatable bonds is 9. The van der Waals surface area contributed by atoms with E-state index in [0.717, 1.165) is 35.2 Å². The van der Waals surface area contributed by atoms with Crippen molar-refractivity contribution in [3.63, 3.8) is 0 Å². The third-order valence-corrected chi connectivity index (χ3v) is 4.68. The fraction of sp³-hybridized carbons (Fsp3) is 0.522. The van der Waals surface area contributed by atoms with E-state index in [4.69, 9.17) is 24.9 Å². The van der Waals surface area contributed by atoms with Crippen LogP contribution >= 0.6 is 0 Å². The summed E-state index contributed by atoms with van der Waals surface area (Å²) in [5, 5.41) is 3.63. The summed E-state index contributed by atoms with van der Waals surface area (Å²) < 4.78 is 18.8. The first-order valence-electron chi connectivity index (χ1n) is 11.0. The number of nitrogens with one attached hydrogen (secondary N) is 1. The Morgan fingerprint density at radius 2 is 2.00 bits per heavy atom. The Kier molecular flexibility index (Phi) is 7.40. The van der Waals surface area contributed by atoms with E-state index in [1.165, 1.54) is 0 Å². The number of hydrogen-bond acceptors (Lipinski definition) is 7. The van der Waals surface area contributed by atoms with Crippen LogP contribution in [0, 0.1) is 0 Å². The van der Waals surface area contributed by atoms with Gasteiger partial charge in [-0.25, -0.2) is 14.8 Å². The fourth-order valence-electron chi connectivity index (χ4n) is 3.43. The van der Waals surface area contributed by atoms with Crippen LogP contribution in [0.3, 0.4) is 0 Å². The number of pyridine rings is 1. The summed E-state index contributed by atoms with van der Waals surface area (Å²) in [5.74, 6) is 1.87. The minimum atomic E-state index is -0.535. The van der Waals surface area contributed by atoms with Crippen LogP contribution in [0.1, 0.15) is 46.9 Å². The molecule has 3 N–H and O–H groups in total. The quantitative estimate of drug-likeness (QED) is 0.480. The molecule has 0 atom stereocenters. The number of ether oxygens (including phenoxy) is 3. The lowest BCUT2D eigenvalue weighted by atomic mass is 10.1. The highest BCUT2D eigenvalue weighted by atomic mass is 16.6. The van der Waals surface area contributed by atoms with E-state index in [-0.39, 0.29) is 0 Å². The number of benzene rings is 1. The number of anilines is 1. The first-order valence-corrected chi connectivity index (χ1v) is 11.0. The summed E-state index contributed by atoms with van der Waals surface area (Å²) in [4.78, 5) is 21.0. The van der Waals surface area contributed by atoms with E-state index in [1.807, 2.05) is 45.9 Å². The average molecular weight is 444 g/mol. The Hall–Kier alpha value is -3.07. The summed E-state index contributed by atoms with van der Waals surface area (Å²) in [7, 11) is 0. The van der Waals surface area contributed by atoms with E-state index in [9.17, 15) is 4.79 Å². The lowest BCUT2D eigenvalue weighted by Crippen LogP contribution is -2.34. The van der Waals surface area contributed by atoms with Gasteiger partial charge in [0.15, 0.2) is 5.82 Å². The average Bonchev–Trinajstić information content (AvgIpc) is 3.08. The number of amides is 1. The number of nitrogens with zero attached hydrogens (tertiary/aromatic N) is 3. The molecule has 0 saturated carbocycles. The predicted octanol–water partition coefficient (Wildman–Crippen LogP) is 4.02. The van der Waals surface area contributed by atoms with Gasteiger partial charge in [-0.05, 0) is 46.2 Å². The molecule has 0 aliphatic heterocycles. The maximum Gasteiger partial charge on any atom is 0.407 e. The van der Waals surface area contributed by atoms with Crippen LogP contribution in [0.4, 0.5) is 10.6 Å². The zero-order chi connectivity index (χ0) is 23.3. The number of nitrogens with two attached hydrogens (primary N) is 1. The number of alkyl carbamates (subject to hydrolysis) is 1. The molecule has 3 aromatic rings. The standard InChI is InChI=1S/C23H33N5O4/c1-6-11-28-18(14-30-7-2)27-19-20(28)16-9-8-15(13-17(16)26-21(19)24)31-12-10-25-22(29)32-23(3,4)5/h8-9,13H,6-7,10-12,14H2,1-5H3,(H2,24,26)(H,25,29). The predicted molar refractivity (Wildman–Crippen MR) is 125 cm³/mol. The number of hydrogen-bond donors (Lipinski definition) is 2. The molecule has 0 spiro atoms. The van der Waals surface area contributed by atoms with E-state index < -0.39 is 11.7 Å². The Bertz CT molecular complexity index is 1090. The highest BCUT2D eigenvalue weighted by molar-refractivity contribution is 6.06. The molecule has 0 aliphatic carbocycles. The van der Waals surface area contributed by atoms with Gasteiger partial charge in [-0.15, -0.1) is 0 Å². The number of aromatic nitrogens is 3. The third kappa shape index (κ3) is 5.59. The molecule has 2 heterocycles. The first-order chi connectivity index (χ1) is 15.2. The fourth-order valence-corrected chi connectivity index (χ4v) is 3.43. The van der Waals surface area contributed by atoms with Gasteiger partial charge in [-0.2, -0.15) is 0 Å². The van der Waals surface area contributed by atoms with Crippen LogP contribution in [0.5, 0.6) is 5.75 Å². The molecule has 1 aromatic carbocycles. The second kappa shape index (κ2) is 10.0. The monoisotopic (exact) mass is 443 g/mol. The molecule has 0 unspecified atom stereocenters. The lowest BCUT2D eigenvalue weighted by Gasteiger charge is -2.19. The van der Waals surface area contributed by atoms with Crippen molar-refractivity contribution in [2.45, 2.75) is 59.8 Å². The van der Waals surface area contributed by atoms with E-state index in [2.05, 4.69) is 21.8 Å². The SMILES string of the molecule is CCCn1c(COCC)nc2c(N)nc3cc(OCCNC(=O)OC(C)(C)C)ccc3c21. The number of fused-ring (bicyclic) bond motifs is 3. The van der Waals surface area contributed by atoms with Crippen molar-refractivity contribution in [3.05, 3.63) is 24.0 Å². The molecule has 9 heteroatoms. The normalized spacial score (nSPS) is 11.8. The van der Waals surface area contributed by atoms with Crippen LogP contribution in [-0.4, -0.2) is 46.0 Å². The summed E-state index contributed by atoms with van der Waals surface area (Å²) in [5.41, 5.74) is 8.10. The van der Waals surface area contributed by atoms with Crippen LogP contribution in [0.25, 0.3) is 21.9 Å². The van der Waals surface area contributed by atoms with E-state index >= 15 is 0 Å². The molecule has 174 valence electrons. The van der Waals surface area contributed by atoms with E-state index in [0.29, 0.717) is 43.4 Å². The molecule has 32 heavy (non-hydrogen) atoms. The zero-order valence-electron chi connectivity index (χ0n) is 19.5. The van der Waals surface area contributed by atoms with Crippen molar-refractivity contribution in [1.29, 1.82) is 0 Å². The molecule has 0 radical (unpaired) electrons. The molecule has 3 rings (SSSR count). The van der Waals surface area contributed by atoms with Crippen LogP contribution in [-0.2, 0) is 22.6 Å². The Balaban J connectivity index is 1.80. The van der Waals surface area contributed by atoms with Crippen LogP contribution < -0.4 is 15.8 Å². The number of imidazole rings is 1. The van der Waals surface area contributed by atoms with Gasteiger partial charge in [-0.3, -0.25) is 0 Å². The molecule has 1 amide bonds. The molecule has 0 saturated heterocycles. The van der Waals surface area contributed by atoms with Gasteiger partial charge in [0.1, 0.15) is 35.9 Å². The molecule has 2 aromatic heterocycles. The zero-order valence-corrected chi connectivity index (χ0v) is 19.5. The summed E-state index contributed by atoms with van der Waals surface area (Å²) in [6, 6.07) is 5.71. The summed E-state index contributed by atoms with van der Waals surface area (Å²) >= 11 is 0. The van der Waals surface area contributed by atoms with Crippen molar-refractivity contribution in [1.82, 2.24) is 19.9 Å². The number of carbonyl (C=O) groups is 1. The van der Waals surface area contributed by atoms with Gasteiger partial charge >= 0.3 is 6.09 Å². The molecular weight excluding hydrogens is 410 g/mol. The maximum atomic E-state index is 11.7. The number of nitrogen functional groups attached to an aromatic ring is 1. The van der Waals surface area contributed by atoms with Crippen LogP contribution in [0.2, 0.25) is 0 Å². The Morgan fingerprint density at radius 3 is 2.69 bits per heavy atom. The van der Waals surface area contributed by atoms with Crippen molar-refractivity contribution in [3.8, 4) is 5.75 Å². The minimum Gasteiger partial charge on any atom is -0.492 e. The maximum absolute atomic E-state index is 11.7. The molecule has 0 aliphatic rings. The second-order valence-electron chi connectivity index (χ2n) is 8.47.